The molecule has 0 atom stereocenters. The van der Waals surface area contributed by atoms with Crippen LogP contribution in [0.15, 0.2) is 42.5 Å². The molecule has 112 valence electrons. The lowest BCUT2D eigenvalue weighted by atomic mass is 10.1. The summed E-state index contributed by atoms with van der Waals surface area (Å²) < 4.78 is 13.3. The van der Waals surface area contributed by atoms with Gasteiger partial charge in [0.05, 0.1) is 0 Å². The zero-order valence-corrected chi connectivity index (χ0v) is 13.1. The molecule has 1 N–H and O–H groups in total. The number of rotatable bonds is 6. The first-order chi connectivity index (χ1) is 10.1. The standard InChI is InChI=1S/C17H20ClFN2/c1-3-9-20-12-13-7-8-16(11-17(13)18)21(2)15-6-4-5-14(19)10-15/h4-8,10-11,20H,3,9,12H2,1-2H3. The molecule has 0 radical (unpaired) electrons. The van der Waals surface area contributed by atoms with Crippen molar-refractivity contribution >= 4 is 23.0 Å². The van der Waals surface area contributed by atoms with Crippen LogP contribution >= 0.6 is 11.6 Å². The molecule has 0 unspecified atom stereocenters. The van der Waals surface area contributed by atoms with Gasteiger partial charge in [0, 0.05) is 30.0 Å². The van der Waals surface area contributed by atoms with E-state index in [-0.39, 0.29) is 5.82 Å². The predicted molar refractivity (Wildman–Crippen MR) is 87.9 cm³/mol. The highest BCUT2D eigenvalue weighted by Gasteiger charge is 2.08. The number of hydrogen-bond donors (Lipinski definition) is 1. The summed E-state index contributed by atoms with van der Waals surface area (Å²) in [6, 6.07) is 12.4. The molecular formula is C17H20ClFN2. The highest BCUT2D eigenvalue weighted by atomic mass is 35.5. The Bertz CT molecular complexity index is 601. The topological polar surface area (TPSA) is 15.3 Å². The van der Waals surface area contributed by atoms with E-state index in [1.807, 2.05) is 36.2 Å². The second kappa shape index (κ2) is 7.43. The van der Waals surface area contributed by atoms with Crippen LogP contribution in [0.25, 0.3) is 0 Å². The number of nitrogens with zero attached hydrogens (tertiary/aromatic N) is 1. The van der Waals surface area contributed by atoms with Crippen molar-refractivity contribution in [1.29, 1.82) is 0 Å². The average Bonchev–Trinajstić information content (AvgIpc) is 2.48. The SMILES string of the molecule is CCCNCc1ccc(N(C)c2cccc(F)c2)cc1Cl. The summed E-state index contributed by atoms with van der Waals surface area (Å²) in [4.78, 5) is 1.91. The van der Waals surface area contributed by atoms with E-state index in [9.17, 15) is 4.39 Å². The van der Waals surface area contributed by atoms with Gasteiger partial charge >= 0.3 is 0 Å². The minimum atomic E-state index is -0.245. The Morgan fingerprint density at radius 1 is 1.14 bits per heavy atom. The summed E-state index contributed by atoms with van der Waals surface area (Å²) >= 11 is 6.33. The molecule has 0 aromatic heterocycles. The molecule has 21 heavy (non-hydrogen) atoms. The van der Waals surface area contributed by atoms with Crippen LogP contribution in [0.2, 0.25) is 5.02 Å². The van der Waals surface area contributed by atoms with Gasteiger partial charge in [-0.2, -0.15) is 0 Å². The first kappa shape index (κ1) is 15.8. The lowest BCUT2D eigenvalue weighted by molar-refractivity contribution is 0.628. The Kier molecular flexibility index (Phi) is 5.59. The molecule has 0 aliphatic heterocycles. The van der Waals surface area contributed by atoms with E-state index < -0.39 is 0 Å². The van der Waals surface area contributed by atoms with E-state index >= 15 is 0 Å². The van der Waals surface area contributed by atoms with Crippen LogP contribution in [0.1, 0.15) is 18.9 Å². The van der Waals surface area contributed by atoms with Gasteiger partial charge in [-0.1, -0.05) is 30.7 Å². The van der Waals surface area contributed by atoms with Crippen molar-refractivity contribution in [3.8, 4) is 0 Å². The fraction of sp³-hybridized carbons (Fsp3) is 0.294. The molecule has 2 rings (SSSR count). The molecule has 2 aromatic carbocycles. The first-order valence-corrected chi connectivity index (χ1v) is 7.48. The van der Waals surface area contributed by atoms with Gasteiger partial charge in [0.2, 0.25) is 0 Å². The Labute approximate surface area is 130 Å². The molecule has 0 saturated heterocycles. The molecule has 2 aromatic rings. The van der Waals surface area contributed by atoms with Gasteiger partial charge in [-0.05, 0) is 48.9 Å². The highest BCUT2D eigenvalue weighted by molar-refractivity contribution is 6.31. The molecule has 0 aliphatic rings. The zero-order chi connectivity index (χ0) is 15.2. The van der Waals surface area contributed by atoms with Gasteiger partial charge in [-0.25, -0.2) is 4.39 Å². The maximum absolute atomic E-state index is 13.3. The Morgan fingerprint density at radius 3 is 2.57 bits per heavy atom. The predicted octanol–water partition coefficient (Wildman–Crippen LogP) is 4.75. The maximum atomic E-state index is 13.3. The van der Waals surface area contributed by atoms with Crippen LogP contribution < -0.4 is 10.2 Å². The third-order valence-electron chi connectivity index (χ3n) is 3.36. The largest absolute Gasteiger partial charge is 0.344 e. The average molecular weight is 307 g/mol. The second-order valence-corrected chi connectivity index (χ2v) is 5.40. The van der Waals surface area contributed by atoms with E-state index in [1.54, 1.807) is 6.07 Å². The van der Waals surface area contributed by atoms with E-state index in [2.05, 4.69) is 12.2 Å². The van der Waals surface area contributed by atoms with Crippen LogP contribution in [0, 0.1) is 5.82 Å². The molecule has 0 amide bonds. The summed E-state index contributed by atoms with van der Waals surface area (Å²) in [6.07, 6.45) is 1.10. The molecule has 0 fully saturated rings. The van der Waals surface area contributed by atoms with E-state index in [1.165, 1.54) is 12.1 Å². The number of anilines is 2. The fourth-order valence-corrected chi connectivity index (χ4v) is 2.36. The Hall–Kier alpha value is -1.58. The second-order valence-electron chi connectivity index (χ2n) is 4.99. The fourth-order valence-electron chi connectivity index (χ4n) is 2.12. The van der Waals surface area contributed by atoms with Gasteiger partial charge in [0.15, 0.2) is 0 Å². The van der Waals surface area contributed by atoms with Crippen molar-refractivity contribution in [2.75, 3.05) is 18.5 Å². The quantitative estimate of drug-likeness (QED) is 0.775. The van der Waals surface area contributed by atoms with Crippen LogP contribution in [0.4, 0.5) is 15.8 Å². The van der Waals surface area contributed by atoms with Crippen LogP contribution in [-0.2, 0) is 6.54 Å². The molecule has 0 heterocycles. The van der Waals surface area contributed by atoms with Gasteiger partial charge in [0.25, 0.3) is 0 Å². The van der Waals surface area contributed by atoms with Crippen molar-refractivity contribution in [2.45, 2.75) is 19.9 Å². The minimum absolute atomic E-state index is 0.245. The van der Waals surface area contributed by atoms with Crippen LogP contribution in [0.5, 0.6) is 0 Å². The van der Waals surface area contributed by atoms with Crippen molar-refractivity contribution < 1.29 is 4.39 Å². The first-order valence-electron chi connectivity index (χ1n) is 7.10. The van der Waals surface area contributed by atoms with Crippen molar-refractivity contribution in [3.05, 3.63) is 58.9 Å². The monoisotopic (exact) mass is 306 g/mol. The smallest absolute Gasteiger partial charge is 0.125 e. The van der Waals surface area contributed by atoms with E-state index in [4.69, 9.17) is 11.6 Å². The van der Waals surface area contributed by atoms with Crippen LogP contribution in [0.3, 0.4) is 0 Å². The third-order valence-corrected chi connectivity index (χ3v) is 3.71. The zero-order valence-electron chi connectivity index (χ0n) is 12.4. The minimum Gasteiger partial charge on any atom is -0.344 e. The molecule has 0 bridgehead atoms. The van der Waals surface area contributed by atoms with Crippen LogP contribution in [-0.4, -0.2) is 13.6 Å². The van der Waals surface area contributed by atoms with Gasteiger partial charge in [-0.15, -0.1) is 0 Å². The van der Waals surface area contributed by atoms with Crippen molar-refractivity contribution in [3.63, 3.8) is 0 Å². The number of halogens is 2. The molecule has 2 nitrogen and oxygen atoms in total. The molecule has 4 heteroatoms. The summed E-state index contributed by atoms with van der Waals surface area (Å²) in [7, 11) is 1.90. The van der Waals surface area contributed by atoms with Gasteiger partial charge in [-0.3, -0.25) is 0 Å². The number of nitrogens with one attached hydrogen (secondary N) is 1. The summed E-state index contributed by atoms with van der Waals surface area (Å²) in [6.45, 7) is 3.86. The van der Waals surface area contributed by atoms with E-state index in [0.29, 0.717) is 0 Å². The molecule has 0 saturated carbocycles. The summed E-state index contributed by atoms with van der Waals surface area (Å²) in [5.41, 5.74) is 2.80. The third kappa shape index (κ3) is 4.19. The summed E-state index contributed by atoms with van der Waals surface area (Å²) in [5, 5.41) is 4.05. The molecule has 0 spiro atoms. The van der Waals surface area contributed by atoms with Crippen molar-refractivity contribution in [2.24, 2.45) is 0 Å². The molecule has 0 aliphatic carbocycles. The lowest BCUT2D eigenvalue weighted by Crippen LogP contribution is -2.14. The number of benzene rings is 2. The highest BCUT2D eigenvalue weighted by Crippen LogP contribution is 2.28. The van der Waals surface area contributed by atoms with E-state index in [0.717, 1.165) is 41.5 Å². The van der Waals surface area contributed by atoms with Gasteiger partial charge in [0.1, 0.15) is 5.82 Å². The molecular weight excluding hydrogens is 287 g/mol. The Morgan fingerprint density at radius 2 is 1.90 bits per heavy atom. The Balaban J connectivity index is 2.15. The number of hydrogen-bond acceptors (Lipinski definition) is 2. The van der Waals surface area contributed by atoms with Gasteiger partial charge < -0.3 is 10.2 Å². The normalized spacial score (nSPS) is 10.7. The van der Waals surface area contributed by atoms with Crippen molar-refractivity contribution in [1.82, 2.24) is 5.32 Å². The maximum Gasteiger partial charge on any atom is 0.125 e. The lowest BCUT2D eigenvalue weighted by Gasteiger charge is -2.20. The summed E-state index contributed by atoms with van der Waals surface area (Å²) in [5.74, 6) is -0.245.